The molecule has 1 amide bonds. The lowest BCUT2D eigenvalue weighted by atomic mass is 10.0. The van der Waals surface area contributed by atoms with Gasteiger partial charge in [-0.3, -0.25) is 4.79 Å². The van der Waals surface area contributed by atoms with Gasteiger partial charge < -0.3 is 29.9 Å². The van der Waals surface area contributed by atoms with Crippen LogP contribution >= 0.6 is 7.82 Å². The Morgan fingerprint density at radius 2 is 1.53 bits per heavy atom. The summed E-state index contributed by atoms with van der Waals surface area (Å²) < 4.78 is 132. The molecular formula is C24H22F9N4O5P. The molecule has 1 aromatic heterocycles. The highest BCUT2D eigenvalue weighted by Crippen LogP contribution is 2.41. The van der Waals surface area contributed by atoms with Gasteiger partial charge in [0.15, 0.2) is 11.6 Å². The van der Waals surface area contributed by atoms with Crippen LogP contribution in [0.5, 0.6) is 0 Å². The molecule has 1 aliphatic heterocycles. The van der Waals surface area contributed by atoms with Crippen molar-refractivity contribution in [3.63, 3.8) is 0 Å². The van der Waals surface area contributed by atoms with Crippen molar-refractivity contribution in [2.24, 2.45) is 5.73 Å². The highest BCUT2D eigenvalue weighted by Gasteiger charge is 2.42. The molecule has 0 spiro atoms. The lowest BCUT2D eigenvalue weighted by molar-refractivity contribution is -0.148. The molecule has 0 fully saturated rings. The molecule has 3 aromatic rings. The van der Waals surface area contributed by atoms with Crippen LogP contribution in [0.15, 0.2) is 36.4 Å². The predicted molar refractivity (Wildman–Crippen MR) is 130 cm³/mol. The molecule has 0 unspecified atom stereocenters. The minimum absolute atomic E-state index is 0.224. The maximum Gasteiger partial charge on any atom is 0.466 e. The molecule has 0 saturated carbocycles. The van der Waals surface area contributed by atoms with E-state index in [2.05, 4.69) is 4.98 Å². The molecule has 9 nitrogen and oxygen atoms in total. The molecule has 236 valence electrons. The maximum atomic E-state index is 13.9. The first-order valence-corrected chi connectivity index (χ1v) is 13.5. The van der Waals surface area contributed by atoms with Gasteiger partial charge in [-0.05, 0) is 24.1 Å². The summed E-state index contributed by atoms with van der Waals surface area (Å²) in [4.78, 5) is 39.1. The van der Waals surface area contributed by atoms with Crippen molar-refractivity contribution in [2.45, 2.75) is 44.3 Å². The Balaban J connectivity index is 0.000000934. The number of imidazole rings is 1. The summed E-state index contributed by atoms with van der Waals surface area (Å²) in [5, 5.41) is 0. The van der Waals surface area contributed by atoms with E-state index in [0.29, 0.717) is 12.1 Å². The Labute approximate surface area is 236 Å². The fraction of sp³-hybridized carbons (Fsp3) is 0.333. The lowest BCUT2D eigenvalue weighted by Gasteiger charge is -2.30. The summed E-state index contributed by atoms with van der Waals surface area (Å²) in [7, 11) is -4.64. The molecule has 4 rings (SSSR count). The molecule has 0 radical (unpaired) electrons. The second kappa shape index (κ2) is 12.7. The van der Waals surface area contributed by atoms with E-state index in [4.69, 9.17) is 25.0 Å². The van der Waals surface area contributed by atoms with Gasteiger partial charge in [0.05, 0.1) is 23.5 Å². The number of phosphoric acid groups is 1. The molecule has 2 heterocycles. The van der Waals surface area contributed by atoms with Crippen LogP contribution in [0, 0.1) is 17.5 Å². The number of carbonyl (C=O) groups is 1. The van der Waals surface area contributed by atoms with Gasteiger partial charge in [-0.2, -0.15) is 26.3 Å². The first kappa shape index (κ1) is 34.1. The minimum atomic E-state index is -4.97. The average Bonchev–Trinajstić information content (AvgIpc) is 3.25. The number of amides is 1. The van der Waals surface area contributed by atoms with Crippen LogP contribution in [0.2, 0.25) is 0 Å². The van der Waals surface area contributed by atoms with Crippen LogP contribution in [0.3, 0.4) is 0 Å². The zero-order valence-corrected chi connectivity index (χ0v) is 22.4. The van der Waals surface area contributed by atoms with Gasteiger partial charge in [0, 0.05) is 37.2 Å². The predicted octanol–water partition coefficient (Wildman–Crippen LogP) is 4.38. The molecule has 19 heteroatoms. The van der Waals surface area contributed by atoms with Crippen molar-refractivity contribution in [3.05, 3.63) is 76.5 Å². The fourth-order valence-electron chi connectivity index (χ4n) is 4.38. The van der Waals surface area contributed by atoms with Gasteiger partial charge in [-0.15, -0.1) is 0 Å². The van der Waals surface area contributed by atoms with E-state index in [-0.39, 0.29) is 24.2 Å². The van der Waals surface area contributed by atoms with Crippen molar-refractivity contribution in [1.29, 1.82) is 0 Å². The van der Waals surface area contributed by atoms with Crippen LogP contribution in [0.1, 0.15) is 29.1 Å². The lowest BCUT2D eigenvalue weighted by Crippen LogP contribution is -2.42. The standard InChI is InChI=1S/C24H19F9N4O.H3O4P/c25-16-10-18(27)17(26)8-12(16)7-13(34)9-20(38)36-5-6-37-19(11-36)21(35-22(37)24(31,32)33)14-3-1-2-4-15(14)23(28,29)30;1-5(2,3)4/h1-4,8,10,13H,5-7,9,11,34H2;(H3,1,2,3,4)/t13-;/m1./s1. The van der Waals surface area contributed by atoms with Crippen LogP contribution in [-0.4, -0.2) is 47.6 Å². The van der Waals surface area contributed by atoms with Gasteiger partial charge >= 0.3 is 20.2 Å². The maximum absolute atomic E-state index is 13.9. The second-order valence-electron chi connectivity index (χ2n) is 9.28. The number of nitrogens with zero attached hydrogens (tertiary/aromatic N) is 3. The monoisotopic (exact) mass is 648 g/mol. The van der Waals surface area contributed by atoms with Gasteiger partial charge in [0.1, 0.15) is 5.82 Å². The summed E-state index contributed by atoms with van der Waals surface area (Å²) in [5.74, 6) is -5.84. The smallest absolute Gasteiger partial charge is 0.335 e. The van der Waals surface area contributed by atoms with Gasteiger partial charge in [0.25, 0.3) is 0 Å². The van der Waals surface area contributed by atoms with E-state index < -0.39 is 91.7 Å². The number of hydrogen-bond donors (Lipinski definition) is 4. The highest BCUT2D eigenvalue weighted by atomic mass is 31.2. The van der Waals surface area contributed by atoms with Crippen molar-refractivity contribution in [1.82, 2.24) is 14.5 Å². The number of aromatic nitrogens is 2. The molecule has 0 aliphatic carbocycles. The number of nitrogens with two attached hydrogens (primary N) is 1. The molecule has 1 aliphatic rings. The number of carbonyl (C=O) groups excluding carboxylic acids is 1. The third-order valence-electron chi connectivity index (χ3n) is 6.11. The van der Waals surface area contributed by atoms with Crippen molar-refractivity contribution in [3.8, 4) is 11.3 Å². The molecule has 1 atom stereocenters. The Morgan fingerprint density at radius 1 is 0.953 bits per heavy atom. The molecule has 0 bridgehead atoms. The number of hydrogen-bond acceptors (Lipinski definition) is 4. The Kier molecular flexibility index (Phi) is 10.0. The molecular weight excluding hydrogens is 626 g/mol. The molecule has 43 heavy (non-hydrogen) atoms. The first-order chi connectivity index (χ1) is 19.7. The van der Waals surface area contributed by atoms with E-state index in [9.17, 15) is 44.3 Å². The summed E-state index contributed by atoms with van der Waals surface area (Å²) in [6, 6.07) is 3.92. The summed E-state index contributed by atoms with van der Waals surface area (Å²) >= 11 is 0. The quantitative estimate of drug-likeness (QED) is 0.183. The minimum Gasteiger partial charge on any atom is -0.335 e. The van der Waals surface area contributed by atoms with E-state index >= 15 is 0 Å². The third kappa shape index (κ3) is 8.79. The SMILES string of the molecule is N[C@@H](CC(=O)N1CCn2c(C(F)(F)F)nc(-c3ccccc3C(F)(F)F)c2C1)Cc1cc(F)c(F)cc1F.O=P(O)(O)O. The zero-order chi connectivity index (χ0) is 32.5. The van der Waals surface area contributed by atoms with Crippen molar-refractivity contribution >= 4 is 13.7 Å². The Morgan fingerprint density at radius 3 is 2.12 bits per heavy atom. The van der Waals surface area contributed by atoms with E-state index in [1.54, 1.807) is 0 Å². The molecule has 2 aromatic carbocycles. The topological polar surface area (TPSA) is 142 Å². The zero-order valence-electron chi connectivity index (χ0n) is 21.5. The average molecular weight is 648 g/mol. The Bertz CT molecular complexity index is 1530. The van der Waals surface area contributed by atoms with Gasteiger partial charge in [-0.1, -0.05) is 18.2 Å². The Hall–Kier alpha value is -3.44. The third-order valence-corrected chi connectivity index (χ3v) is 6.11. The molecule has 0 saturated heterocycles. The normalized spacial score (nSPS) is 14.6. The second-order valence-corrected chi connectivity index (χ2v) is 10.3. The van der Waals surface area contributed by atoms with Gasteiger partial charge in [0.2, 0.25) is 11.7 Å². The first-order valence-electron chi connectivity index (χ1n) is 11.9. The molecule has 5 N–H and O–H groups in total. The van der Waals surface area contributed by atoms with E-state index in [1.807, 2.05) is 0 Å². The number of halogens is 9. The van der Waals surface area contributed by atoms with E-state index in [0.717, 1.165) is 27.7 Å². The summed E-state index contributed by atoms with van der Waals surface area (Å²) in [6.07, 6.45) is -10.6. The van der Waals surface area contributed by atoms with Gasteiger partial charge in [-0.25, -0.2) is 22.7 Å². The van der Waals surface area contributed by atoms with E-state index in [1.165, 1.54) is 6.07 Å². The van der Waals surface area contributed by atoms with Crippen molar-refractivity contribution in [2.75, 3.05) is 6.54 Å². The van der Waals surface area contributed by atoms with Crippen LogP contribution in [-0.2, 0) is 41.2 Å². The van der Waals surface area contributed by atoms with Crippen LogP contribution in [0.25, 0.3) is 11.3 Å². The largest absolute Gasteiger partial charge is 0.466 e. The number of rotatable bonds is 5. The fourth-order valence-corrected chi connectivity index (χ4v) is 4.38. The number of fused-ring (bicyclic) bond motifs is 1. The van der Waals surface area contributed by atoms with Crippen molar-refractivity contribution < 1.29 is 63.6 Å². The summed E-state index contributed by atoms with van der Waals surface area (Å²) in [5.41, 5.74) is 3.06. The number of alkyl halides is 6. The van der Waals surface area contributed by atoms with Crippen LogP contribution < -0.4 is 5.73 Å². The number of benzene rings is 2. The highest BCUT2D eigenvalue weighted by molar-refractivity contribution is 7.45. The summed E-state index contributed by atoms with van der Waals surface area (Å²) in [6.45, 7) is -1.11. The van der Waals surface area contributed by atoms with Crippen LogP contribution in [0.4, 0.5) is 39.5 Å².